The molecule has 0 N–H and O–H groups in total. The van der Waals surface area contributed by atoms with E-state index in [4.69, 9.17) is 24.2 Å². The van der Waals surface area contributed by atoms with E-state index < -0.39 is 12.0 Å². The van der Waals surface area contributed by atoms with Crippen LogP contribution in [0, 0.1) is 11.3 Å². The molecule has 4 aromatic rings. The Labute approximate surface area is 252 Å². The van der Waals surface area contributed by atoms with Crippen molar-refractivity contribution in [3.8, 4) is 23.3 Å². The molecule has 0 radical (unpaired) electrons. The van der Waals surface area contributed by atoms with Crippen molar-refractivity contribution >= 4 is 23.4 Å². The number of thiazole rings is 1. The number of fused-ring (bicyclic) bond motifs is 1. The number of carbonyl (C=O) groups excluding carboxylic acids is 1. The van der Waals surface area contributed by atoms with Crippen LogP contribution in [-0.4, -0.2) is 31.4 Å². The molecule has 0 bridgehead atoms. The molecular weight excluding hydrogens is 566 g/mol. The highest BCUT2D eigenvalue weighted by Crippen LogP contribution is 2.37. The van der Waals surface area contributed by atoms with Crippen LogP contribution in [0.15, 0.2) is 87.8 Å². The highest BCUT2D eigenvalue weighted by molar-refractivity contribution is 7.07. The molecule has 1 atom stereocenters. The van der Waals surface area contributed by atoms with E-state index in [9.17, 15) is 9.59 Å². The lowest BCUT2D eigenvalue weighted by molar-refractivity contribution is -0.139. The Kier molecular flexibility index (Phi) is 8.74. The van der Waals surface area contributed by atoms with Crippen LogP contribution < -0.4 is 29.1 Å². The second-order valence-electron chi connectivity index (χ2n) is 9.58. The molecule has 0 saturated carbocycles. The Morgan fingerprint density at radius 3 is 2.42 bits per heavy atom. The van der Waals surface area contributed by atoms with Gasteiger partial charge in [0.2, 0.25) is 0 Å². The Morgan fingerprint density at radius 2 is 1.77 bits per heavy atom. The van der Waals surface area contributed by atoms with E-state index in [1.54, 1.807) is 57.4 Å². The Bertz CT molecular complexity index is 1920. The van der Waals surface area contributed by atoms with Crippen molar-refractivity contribution in [3.05, 3.63) is 120 Å². The number of benzene rings is 3. The van der Waals surface area contributed by atoms with Crippen LogP contribution in [-0.2, 0) is 16.1 Å². The molecule has 1 aromatic heterocycles. The Balaban J connectivity index is 1.51. The molecule has 10 heteroatoms. The van der Waals surface area contributed by atoms with Crippen molar-refractivity contribution in [1.82, 2.24) is 4.57 Å². The summed E-state index contributed by atoms with van der Waals surface area (Å²) < 4.78 is 24.3. The summed E-state index contributed by atoms with van der Waals surface area (Å²) in [5, 5.41) is 8.96. The van der Waals surface area contributed by atoms with Gasteiger partial charge in [-0.05, 0) is 67.4 Å². The standard InChI is InChI=1S/C33H29N3O6S/c1-5-41-32(38)29-20(2)35-33-36(30(29)26-15-14-25(39-3)17-27(26)40-4)31(37)28(43-33)16-21-10-12-24(13-11-21)42-19-23-8-6-22(18-34)7-9-23/h6-17,30H,5,19H2,1-4H3/b28-16-/t30-/m1/s1. The molecule has 1 aliphatic heterocycles. The fourth-order valence-electron chi connectivity index (χ4n) is 4.78. The third-order valence-corrected chi connectivity index (χ3v) is 7.90. The molecule has 0 saturated heterocycles. The lowest BCUT2D eigenvalue weighted by Crippen LogP contribution is -2.40. The van der Waals surface area contributed by atoms with Gasteiger partial charge in [-0.25, -0.2) is 9.79 Å². The normalized spacial score (nSPS) is 14.4. The van der Waals surface area contributed by atoms with E-state index in [2.05, 4.69) is 11.1 Å². The van der Waals surface area contributed by atoms with Gasteiger partial charge in [0.05, 0.1) is 48.3 Å². The number of methoxy groups -OCH3 is 2. The molecular formula is C33H29N3O6S. The first-order valence-corrected chi connectivity index (χ1v) is 14.3. The van der Waals surface area contributed by atoms with E-state index in [0.717, 1.165) is 11.1 Å². The molecule has 0 amide bonds. The number of rotatable bonds is 9. The van der Waals surface area contributed by atoms with E-state index in [1.165, 1.54) is 23.0 Å². The van der Waals surface area contributed by atoms with Gasteiger partial charge in [0, 0.05) is 11.6 Å². The van der Waals surface area contributed by atoms with Gasteiger partial charge >= 0.3 is 5.97 Å². The van der Waals surface area contributed by atoms with E-state index in [-0.39, 0.29) is 17.7 Å². The van der Waals surface area contributed by atoms with E-state index in [0.29, 0.717) is 50.0 Å². The third-order valence-electron chi connectivity index (χ3n) is 6.92. The van der Waals surface area contributed by atoms with Crippen LogP contribution in [0.4, 0.5) is 0 Å². The smallest absolute Gasteiger partial charge is 0.338 e. The van der Waals surface area contributed by atoms with Crippen LogP contribution in [0.5, 0.6) is 17.2 Å². The van der Waals surface area contributed by atoms with Gasteiger partial charge in [0.25, 0.3) is 5.56 Å². The minimum Gasteiger partial charge on any atom is -0.497 e. The maximum atomic E-state index is 13.9. The number of esters is 1. The molecule has 1 aliphatic rings. The van der Waals surface area contributed by atoms with Crippen molar-refractivity contribution in [2.75, 3.05) is 20.8 Å². The summed E-state index contributed by atoms with van der Waals surface area (Å²) >= 11 is 1.24. The van der Waals surface area contributed by atoms with Gasteiger partial charge in [-0.3, -0.25) is 9.36 Å². The summed E-state index contributed by atoms with van der Waals surface area (Å²) in [7, 11) is 3.08. The zero-order valence-corrected chi connectivity index (χ0v) is 24.9. The van der Waals surface area contributed by atoms with E-state index >= 15 is 0 Å². The predicted molar refractivity (Wildman–Crippen MR) is 162 cm³/mol. The lowest BCUT2D eigenvalue weighted by atomic mass is 9.95. The number of hydrogen-bond acceptors (Lipinski definition) is 9. The van der Waals surface area contributed by atoms with Crippen LogP contribution >= 0.6 is 11.3 Å². The zero-order chi connectivity index (χ0) is 30.5. The molecule has 2 heterocycles. The van der Waals surface area contributed by atoms with E-state index in [1.807, 2.05) is 36.4 Å². The fourth-order valence-corrected chi connectivity index (χ4v) is 5.83. The minimum absolute atomic E-state index is 0.180. The van der Waals surface area contributed by atoms with Gasteiger partial charge in [-0.1, -0.05) is 35.6 Å². The topological polar surface area (TPSA) is 112 Å². The van der Waals surface area contributed by atoms with Crippen molar-refractivity contribution in [2.45, 2.75) is 26.5 Å². The number of aromatic nitrogens is 1. The van der Waals surface area contributed by atoms with Crippen LogP contribution in [0.3, 0.4) is 0 Å². The molecule has 0 unspecified atom stereocenters. The number of nitriles is 1. The quantitative estimate of drug-likeness (QED) is 0.266. The van der Waals surface area contributed by atoms with Gasteiger partial charge in [0.1, 0.15) is 29.9 Å². The minimum atomic E-state index is -0.809. The summed E-state index contributed by atoms with van der Waals surface area (Å²) in [5.41, 5.74) is 3.41. The van der Waals surface area contributed by atoms with Crippen LogP contribution in [0.1, 0.15) is 42.1 Å². The summed E-state index contributed by atoms with van der Waals surface area (Å²) in [6.07, 6.45) is 1.79. The molecule has 43 heavy (non-hydrogen) atoms. The maximum Gasteiger partial charge on any atom is 0.338 e. The molecule has 218 valence electrons. The number of carbonyl (C=O) groups is 1. The molecule has 0 aliphatic carbocycles. The molecule has 0 fully saturated rings. The van der Waals surface area contributed by atoms with Crippen LogP contribution in [0.2, 0.25) is 0 Å². The first-order chi connectivity index (χ1) is 20.9. The summed E-state index contributed by atoms with van der Waals surface area (Å²) in [6.45, 7) is 4.01. The highest BCUT2D eigenvalue weighted by Gasteiger charge is 2.35. The average molecular weight is 596 g/mol. The Hall–Kier alpha value is -5.14. The zero-order valence-electron chi connectivity index (χ0n) is 24.1. The first-order valence-electron chi connectivity index (χ1n) is 13.5. The molecule has 3 aromatic carbocycles. The lowest BCUT2D eigenvalue weighted by Gasteiger charge is -2.26. The average Bonchev–Trinajstić information content (AvgIpc) is 3.33. The van der Waals surface area contributed by atoms with Crippen molar-refractivity contribution in [1.29, 1.82) is 5.26 Å². The molecule has 5 rings (SSSR count). The van der Waals surface area contributed by atoms with Gasteiger partial charge in [0.15, 0.2) is 4.80 Å². The molecule has 9 nitrogen and oxygen atoms in total. The van der Waals surface area contributed by atoms with Crippen molar-refractivity contribution in [2.24, 2.45) is 4.99 Å². The largest absolute Gasteiger partial charge is 0.497 e. The molecule has 0 spiro atoms. The number of allylic oxidation sites excluding steroid dienone is 1. The predicted octanol–water partition coefficient (Wildman–Crippen LogP) is 4.27. The van der Waals surface area contributed by atoms with Crippen molar-refractivity contribution < 1.29 is 23.7 Å². The summed E-state index contributed by atoms with van der Waals surface area (Å²) in [5.74, 6) is 1.17. The maximum absolute atomic E-state index is 13.9. The van der Waals surface area contributed by atoms with Gasteiger partial charge < -0.3 is 18.9 Å². The highest BCUT2D eigenvalue weighted by atomic mass is 32.1. The Morgan fingerprint density at radius 1 is 1.05 bits per heavy atom. The second-order valence-corrected chi connectivity index (χ2v) is 10.6. The first kappa shape index (κ1) is 29.4. The fraction of sp³-hybridized carbons (Fsp3) is 0.212. The SMILES string of the molecule is CCOC(=O)C1=C(C)N=c2s/c(=C\c3ccc(OCc4ccc(C#N)cc4)cc3)c(=O)n2[C@@H]1c1ccc(OC)cc1OC. The van der Waals surface area contributed by atoms with Crippen LogP contribution in [0.25, 0.3) is 6.08 Å². The summed E-state index contributed by atoms with van der Waals surface area (Å²) in [6, 6.07) is 21.2. The van der Waals surface area contributed by atoms with Gasteiger partial charge in [-0.15, -0.1) is 0 Å². The van der Waals surface area contributed by atoms with Gasteiger partial charge in [-0.2, -0.15) is 5.26 Å². The number of hydrogen-bond donors (Lipinski definition) is 0. The number of nitrogens with zero attached hydrogens (tertiary/aromatic N) is 3. The number of ether oxygens (including phenoxy) is 4. The third kappa shape index (κ3) is 6.08. The summed E-state index contributed by atoms with van der Waals surface area (Å²) in [4.78, 5) is 32.2. The second kappa shape index (κ2) is 12.8. The monoisotopic (exact) mass is 595 g/mol. The van der Waals surface area contributed by atoms with Crippen molar-refractivity contribution in [3.63, 3.8) is 0 Å².